The molecule has 1 aromatic carbocycles. The predicted octanol–water partition coefficient (Wildman–Crippen LogP) is 2.17. The molecule has 1 amide bonds. The summed E-state index contributed by atoms with van der Waals surface area (Å²) in [6.07, 6.45) is 3.35. The van der Waals surface area contributed by atoms with Gasteiger partial charge < -0.3 is 5.32 Å². The number of rotatable bonds is 4. The third-order valence-electron chi connectivity index (χ3n) is 3.33. The van der Waals surface area contributed by atoms with Crippen LogP contribution in [0.4, 0.5) is 0 Å². The van der Waals surface area contributed by atoms with Gasteiger partial charge in [0.05, 0.1) is 10.6 Å². The van der Waals surface area contributed by atoms with Crippen LogP contribution in [0.2, 0.25) is 10.0 Å². The quantitative estimate of drug-likeness (QED) is 0.882. The highest BCUT2D eigenvalue weighted by Crippen LogP contribution is 2.29. The lowest BCUT2D eigenvalue weighted by molar-refractivity contribution is 0.0939. The molecule has 3 N–H and O–H groups in total. The maximum Gasteiger partial charge on any atom is 0.252 e. The van der Waals surface area contributed by atoms with Gasteiger partial charge in [-0.15, -0.1) is 0 Å². The van der Waals surface area contributed by atoms with E-state index in [1.54, 1.807) is 0 Å². The number of sulfonamides is 1. The second-order valence-corrected chi connectivity index (χ2v) is 7.16. The molecule has 0 unspecified atom stereocenters. The normalized spacial score (nSPS) is 15.8. The molecular formula is C12H14Cl2N2O3S. The Labute approximate surface area is 127 Å². The summed E-state index contributed by atoms with van der Waals surface area (Å²) >= 11 is 11.8. The number of halogens is 2. The second kappa shape index (κ2) is 5.89. The molecule has 110 valence electrons. The zero-order chi connectivity index (χ0) is 14.9. The van der Waals surface area contributed by atoms with Crippen LogP contribution in [0.15, 0.2) is 17.0 Å². The predicted molar refractivity (Wildman–Crippen MR) is 77.5 cm³/mol. The van der Waals surface area contributed by atoms with Crippen molar-refractivity contribution in [1.29, 1.82) is 0 Å². The average molecular weight is 337 g/mol. The van der Waals surface area contributed by atoms with Crippen molar-refractivity contribution in [2.24, 2.45) is 11.1 Å². The van der Waals surface area contributed by atoms with Gasteiger partial charge in [-0.3, -0.25) is 4.79 Å². The van der Waals surface area contributed by atoms with Crippen molar-refractivity contribution in [2.45, 2.75) is 24.2 Å². The molecule has 8 heteroatoms. The highest BCUT2D eigenvalue weighted by molar-refractivity contribution is 7.89. The lowest BCUT2D eigenvalue weighted by atomic mass is 9.85. The molecule has 1 aromatic rings. The van der Waals surface area contributed by atoms with Crippen molar-refractivity contribution in [3.05, 3.63) is 27.7 Å². The molecule has 0 spiro atoms. The largest absolute Gasteiger partial charge is 0.352 e. The summed E-state index contributed by atoms with van der Waals surface area (Å²) in [6, 6.07) is 2.45. The number of carbonyl (C=O) groups excluding carboxylic acids is 1. The van der Waals surface area contributed by atoms with Crippen molar-refractivity contribution in [3.8, 4) is 0 Å². The Kier molecular flexibility index (Phi) is 4.59. The van der Waals surface area contributed by atoms with E-state index in [-0.39, 0.29) is 20.5 Å². The summed E-state index contributed by atoms with van der Waals surface area (Å²) in [5, 5.41) is 7.66. The second-order valence-electron chi connectivity index (χ2n) is 4.82. The molecule has 1 aliphatic rings. The lowest BCUT2D eigenvalue weighted by Crippen LogP contribution is -2.32. The van der Waals surface area contributed by atoms with Crippen molar-refractivity contribution in [1.82, 2.24) is 5.32 Å². The number of amides is 1. The van der Waals surface area contributed by atoms with Crippen LogP contribution in [-0.4, -0.2) is 20.9 Å². The van der Waals surface area contributed by atoms with Gasteiger partial charge in [-0.2, -0.15) is 0 Å². The van der Waals surface area contributed by atoms with E-state index in [0.717, 1.165) is 18.9 Å². The maximum atomic E-state index is 12.1. The molecule has 2 rings (SSSR count). The van der Waals surface area contributed by atoms with E-state index >= 15 is 0 Å². The molecule has 0 saturated heterocycles. The van der Waals surface area contributed by atoms with Gasteiger partial charge in [0, 0.05) is 11.6 Å². The minimum absolute atomic E-state index is 0.0162. The van der Waals surface area contributed by atoms with E-state index in [1.807, 2.05) is 0 Å². The third-order valence-corrected chi connectivity index (χ3v) is 5.00. The fraction of sp³-hybridized carbons (Fsp3) is 0.417. The van der Waals surface area contributed by atoms with E-state index in [4.69, 9.17) is 28.3 Å². The Morgan fingerprint density at radius 3 is 2.50 bits per heavy atom. The minimum atomic E-state index is -4.03. The SMILES string of the molecule is NS(=O)(=O)c1cc(Cl)cc(C(=O)NCC2CCC2)c1Cl. The van der Waals surface area contributed by atoms with Crippen LogP contribution < -0.4 is 10.5 Å². The van der Waals surface area contributed by atoms with Gasteiger partial charge in [0.1, 0.15) is 4.90 Å². The molecule has 1 saturated carbocycles. The molecule has 1 aliphatic carbocycles. The lowest BCUT2D eigenvalue weighted by Gasteiger charge is -2.25. The zero-order valence-corrected chi connectivity index (χ0v) is 12.9. The van der Waals surface area contributed by atoms with Crippen LogP contribution >= 0.6 is 23.2 Å². The van der Waals surface area contributed by atoms with E-state index in [1.165, 1.54) is 12.5 Å². The summed E-state index contributed by atoms with van der Waals surface area (Å²) in [6.45, 7) is 0.548. The van der Waals surface area contributed by atoms with Crippen LogP contribution in [0, 0.1) is 5.92 Å². The number of nitrogens with one attached hydrogen (secondary N) is 1. The van der Waals surface area contributed by atoms with Crippen LogP contribution in [0.25, 0.3) is 0 Å². The van der Waals surface area contributed by atoms with E-state index in [9.17, 15) is 13.2 Å². The third kappa shape index (κ3) is 3.44. The molecule has 5 nitrogen and oxygen atoms in total. The summed E-state index contributed by atoms with van der Waals surface area (Å²) < 4.78 is 22.8. The number of carbonyl (C=O) groups is 1. The van der Waals surface area contributed by atoms with E-state index in [2.05, 4.69) is 5.32 Å². The molecule has 0 radical (unpaired) electrons. The Morgan fingerprint density at radius 1 is 1.35 bits per heavy atom. The Balaban J connectivity index is 2.26. The summed E-state index contributed by atoms with van der Waals surface area (Å²) in [7, 11) is -4.03. The van der Waals surface area contributed by atoms with Crippen LogP contribution in [0.3, 0.4) is 0 Å². The van der Waals surface area contributed by atoms with Gasteiger partial charge in [0.25, 0.3) is 5.91 Å². The summed E-state index contributed by atoms with van der Waals surface area (Å²) in [4.78, 5) is 11.7. The first-order chi connectivity index (χ1) is 9.29. The number of hydrogen-bond acceptors (Lipinski definition) is 3. The van der Waals surface area contributed by atoms with Crippen molar-refractivity contribution in [2.75, 3.05) is 6.54 Å². The molecule has 0 aliphatic heterocycles. The number of hydrogen-bond donors (Lipinski definition) is 2. The first-order valence-corrected chi connectivity index (χ1v) is 8.39. The van der Waals surface area contributed by atoms with Crippen molar-refractivity contribution in [3.63, 3.8) is 0 Å². The van der Waals surface area contributed by atoms with Crippen LogP contribution in [0.5, 0.6) is 0 Å². The smallest absolute Gasteiger partial charge is 0.252 e. The van der Waals surface area contributed by atoms with Crippen molar-refractivity contribution >= 4 is 39.1 Å². The number of primary sulfonamides is 1. The monoisotopic (exact) mass is 336 g/mol. The molecular weight excluding hydrogens is 323 g/mol. The van der Waals surface area contributed by atoms with Gasteiger partial charge in [-0.1, -0.05) is 29.6 Å². The molecule has 0 atom stereocenters. The minimum Gasteiger partial charge on any atom is -0.352 e. The summed E-state index contributed by atoms with van der Waals surface area (Å²) in [5.74, 6) is 0.0314. The number of nitrogens with two attached hydrogens (primary N) is 1. The first kappa shape index (κ1) is 15.6. The molecule has 0 heterocycles. The van der Waals surface area contributed by atoms with Crippen LogP contribution in [-0.2, 0) is 10.0 Å². The van der Waals surface area contributed by atoms with E-state index in [0.29, 0.717) is 12.5 Å². The number of benzene rings is 1. The highest BCUT2D eigenvalue weighted by atomic mass is 35.5. The molecule has 0 bridgehead atoms. The topological polar surface area (TPSA) is 89.3 Å². The summed E-state index contributed by atoms with van der Waals surface area (Å²) in [5.41, 5.74) is 0.0162. The Bertz CT molecular complexity index is 642. The molecule has 0 aromatic heterocycles. The van der Waals surface area contributed by atoms with Gasteiger partial charge >= 0.3 is 0 Å². The average Bonchev–Trinajstić information content (AvgIpc) is 2.28. The van der Waals surface area contributed by atoms with Gasteiger partial charge in [0.15, 0.2) is 0 Å². The Hall–Kier alpha value is -0.820. The van der Waals surface area contributed by atoms with Gasteiger partial charge in [0.2, 0.25) is 10.0 Å². The highest BCUT2D eigenvalue weighted by Gasteiger charge is 2.23. The fourth-order valence-electron chi connectivity index (χ4n) is 1.97. The van der Waals surface area contributed by atoms with Crippen molar-refractivity contribution < 1.29 is 13.2 Å². The standard InChI is InChI=1S/C12H14Cl2N2O3S/c13-8-4-9(11(14)10(5-8)20(15,18)19)12(17)16-6-7-2-1-3-7/h4-5,7H,1-3,6H2,(H,16,17)(H2,15,18,19). The van der Waals surface area contributed by atoms with E-state index < -0.39 is 15.9 Å². The maximum absolute atomic E-state index is 12.1. The molecule has 1 fully saturated rings. The van der Waals surface area contributed by atoms with Crippen LogP contribution in [0.1, 0.15) is 29.6 Å². The molecule has 20 heavy (non-hydrogen) atoms. The fourth-order valence-corrected chi connectivity index (χ4v) is 3.42. The first-order valence-electron chi connectivity index (χ1n) is 6.09. The Morgan fingerprint density at radius 2 is 2.00 bits per heavy atom. The van der Waals surface area contributed by atoms with Gasteiger partial charge in [-0.05, 0) is 30.9 Å². The van der Waals surface area contributed by atoms with Gasteiger partial charge in [-0.25, -0.2) is 13.6 Å². The zero-order valence-electron chi connectivity index (χ0n) is 10.5.